The highest BCUT2D eigenvalue weighted by molar-refractivity contribution is 2.69. The molecule has 0 aliphatic carbocycles. The molecule has 0 atom stereocenters. The van der Waals surface area contributed by atoms with Crippen molar-refractivity contribution in [3.05, 3.63) is 0 Å². The predicted molar refractivity (Wildman–Crippen MR) is 16.2 cm³/mol. The zero-order valence-corrected chi connectivity index (χ0v) is 2.75. The molecule has 6 nitrogen and oxygen atoms in total. The van der Waals surface area contributed by atoms with Gasteiger partial charge in [-0.25, -0.2) is 0 Å². The molecule has 0 amide bonds. The van der Waals surface area contributed by atoms with Crippen LogP contribution in [0.2, 0.25) is 0 Å². The van der Waals surface area contributed by atoms with Crippen molar-refractivity contribution < 1.29 is 31.5 Å². The van der Waals surface area contributed by atoms with Crippen LogP contribution in [0.5, 0.6) is 0 Å². The summed E-state index contributed by atoms with van der Waals surface area (Å²) >= 11 is 0. The van der Waals surface area contributed by atoms with Crippen LogP contribution in [0.1, 0.15) is 0 Å². The first-order valence-electron chi connectivity index (χ1n) is 0.548. The molecular weight excluding hydrogens is 96.0 g/mol. The molecule has 6 heteroatoms. The fraction of sp³-hybridized carbons (Fsp3) is 0. The zero-order chi connectivity index (χ0) is 3.58. The maximum atomic E-state index is 6.92. The van der Waals surface area contributed by atoms with Crippen molar-refractivity contribution in [2.24, 2.45) is 0 Å². The highest BCUT2D eigenvalue weighted by Crippen LogP contribution is 1.56. The minimum atomic E-state index is -0.417. The Morgan fingerprint density at radius 3 is 0.833 bits per heavy atom. The topological polar surface area (TPSA) is 126 Å². The lowest BCUT2D eigenvalue weighted by molar-refractivity contribution is -0.781. The van der Waals surface area contributed by atoms with E-state index in [0.717, 1.165) is 0 Å². The molecule has 0 saturated heterocycles. The third-order valence-corrected chi connectivity index (χ3v) is 0. The Balaban J connectivity index is -0.0000000450. The molecule has 0 aliphatic heterocycles. The maximum absolute atomic E-state index is 6.92. The highest BCUT2D eigenvalue weighted by Gasteiger charge is 1.78. The Labute approximate surface area is 32.9 Å². The molecule has 0 aromatic rings. The highest BCUT2D eigenvalue weighted by atomic mass is 17.7. The summed E-state index contributed by atoms with van der Waals surface area (Å²) in [7, 11) is 0. The summed E-state index contributed by atoms with van der Waals surface area (Å²) in [4.78, 5) is -0.417. The molecule has 42 valence electrons. The smallest absolute Gasteiger partial charge is 0.127 e. The molecule has 7 N–H and O–H groups in total. The van der Waals surface area contributed by atoms with Gasteiger partial charge in [-0.05, 0) is 15.8 Å². The van der Waals surface area contributed by atoms with Crippen LogP contribution in [0.25, 0.3) is 0 Å². The first kappa shape index (κ1) is 17.1. The van der Waals surface area contributed by atoms with E-state index in [4.69, 9.17) is 15.8 Å². The van der Waals surface area contributed by atoms with Crippen LogP contribution in [-0.2, 0) is 4.82 Å². The predicted octanol–water partition coefficient (Wildman–Crippen LogP) is -1.69. The standard InChI is InChI=1S/H3O4.2H2O/c1-4(2)3;;/h1-3H;2*1H2/q+1;;. The van der Waals surface area contributed by atoms with Gasteiger partial charge in [0.15, 0.2) is 0 Å². The van der Waals surface area contributed by atoms with Crippen LogP contribution in [0.15, 0.2) is 0 Å². The summed E-state index contributed by atoms with van der Waals surface area (Å²) in [6, 6.07) is 0. The second kappa shape index (κ2) is 8.83. The quantitative estimate of drug-likeness (QED) is 0.192. The summed E-state index contributed by atoms with van der Waals surface area (Å²) < 4.78 is 0. The molecule has 0 aromatic heterocycles. The summed E-state index contributed by atoms with van der Waals surface area (Å²) in [6.07, 6.45) is 0. The minimum absolute atomic E-state index is 0. The van der Waals surface area contributed by atoms with Crippen molar-refractivity contribution in [1.29, 1.82) is 0 Å². The van der Waals surface area contributed by atoms with Gasteiger partial charge >= 0.3 is 0 Å². The Bertz CT molecular complexity index is 4.75. The molecule has 0 aromatic carbocycles. The summed E-state index contributed by atoms with van der Waals surface area (Å²) in [5.74, 6) is 0. The van der Waals surface area contributed by atoms with E-state index in [-0.39, 0.29) is 11.0 Å². The summed E-state index contributed by atoms with van der Waals surface area (Å²) in [5, 5.41) is 20.8. The largest absolute Gasteiger partial charge is 0.412 e. The van der Waals surface area contributed by atoms with Gasteiger partial charge in [0, 0.05) is 0 Å². The van der Waals surface area contributed by atoms with E-state index in [1.54, 1.807) is 0 Å². The normalized spacial score (nSPS) is 6.00. The Morgan fingerprint density at radius 2 is 0.833 bits per heavy atom. The lowest BCUT2D eigenvalue weighted by atomic mass is 14.3. The maximum Gasteiger partial charge on any atom is 0.127 e. The van der Waals surface area contributed by atoms with Gasteiger partial charge in [-0.2, -0.15) is 0 Å². The molecule has 0 bridgehead atoms. The molecule has 0 saturated carbocycles. The first-order chi connectivity index (χ1) is 1.73. The van der Waals surface area contributed by atoms with Crippen molar-refractivity contribution in [3.8, 4) is 0 Å². The van der Waals surface area contributed by atoms with E-state index < -0.39 is 4.82 Å². The SMILES string of the molecule is O.O.O[O+](O)O. The lowest BCUT2D eigenvalue weighted by Gasteiger charge is -1.69. The molecule has 0 unspecified atom stereocenters. The van der Waals surface area contributed by atoms with Crippen molar-refractivity contribution in [3.63, 3.8) is 0 Å². The van der Waals surface area contributed by atoms with Crippen LogP contribution < -0.4 is 0 Å². The molecule has 6 heavy (non-hydrogen) atoms. The van der Waals surface area contributed by atoms with Crippen molar-refractivity contribution >= 4 is 0 Å². The fourth-order valence-corrected chi connectivity index (χ4v) is 0. The van der Waals surface area contributed by atoms with E-state index in [2.05, 4.69) is 0 Å². The van der Waals surface area contributed by atoms with Gasteiger partial charge in [0.25, 0.3) is 0 Å². The first-order valence-corrected chi connectivity index (χ1v) is 0.548. The lowest BCUT2D eigenvalue weighted by Crippen LogP contribution is -1.91. The van der Waals surface area contributed by atoms with Gasteiger partial charge in [-0.1, -0.05) is 0 Å². The zero-order valence-electron chi connectivity index (χ0n) is 2.75. The molecule has 0 fully saturated rings. The van der Waals surface area contributed by atoms with Crippen LogP contribution in [0, 0.1) is 0 Å². The Morgan fingerprint density at radius 1 is 0.833 bits per heavy atom. The van der Waals surface area contributed by atoms with Crippen LogP contribution in [-0.4, -0.2) is 26.7 Å². The second-order valence-corrected chi connectivity index (χ2v) is 0.245. The molecule has 0 aliphatic rings. The molecule has 0 spiro atoms. The number of hydrogen-bond acceptors (Lipinski definition) is 3. The summed E-state index contributed by atoms with van der Waals surface area (Å²) in [6.45, 7) is 0. The van der Waals surface area contributed by atoms with Gasteiger partial charge in [-0.3, -0.25) is 0 Å². The Kier molecular flexibility index (Phi) is 25.2. The third-order valence-electron chi connectivity index (χ3n) is 0. The number of rotatable bonds is 0. The van der Waals surface area contributed by atoms with Crippen LogP contribution in [0.4, 0.5) is 0 Å². The minimum Gasteiger partial charge on any atom is -0.412 e. The van der Waals surface area contributed by atoms with E-state index in [1.807, 2.05) is 0 Å². The average Bonchev–Trinajstić information content (AvgIpc) is 0.811. The average molecular weight is 103 g/mol. The molecule has 0 radical (unpaired) electrons. The second-order valence-electron chi connectivity index (χ2n) is 0.245. The van der Waals surface area contributed by atoms with Crippen LogP contribution >= 0.6 is 0 Å². The van der Waals surface area contributed by atoms with E-state index >= 15 is 0 Å². The van der Waals surface area contributed by atoms with Crippen LogP contribution in [0.3, 0.4) is 0 Å². The van der Waals surface area contributed by atoms with Gasteiger partial charge < -0.3 is 11.0 Å². The molecule has 0 rings (SSSR count). The van der Waals surface area contributed by atoms with Gasteiger partial charge in [0.05, 0.1) is 0 Å². The molecular formula is H7O6+. The van der Waals surface area contributed by atoms with Crippen molar-refractivity contribution in [1.82, 2.24) is 0 Å². The fourth-order valence-electron chi connectivity index (χ4n) is 0. The monoisotopic (exact) mass is 103 g/mol. The van der Waals surface area contributed by atoms with E-state index in [1.165, 1.54) is 0 Å². The van der Waals surface area contributed by atoms with Gasteiger partial charge in [0.2, 0.25) is 0 Å². The van der Waals surface area contributed by atoms with Gasteiger partial charge in [0.1, 0.15) is 4.82 Å². The van der Waals surface area contributed by atoms with E-state index in [0.29, 0.717) is 0 Å². The molecule has 0 heterocycles. The Hall–Kier alpha value is -0.240. The van der Waals surface area contributed by atoms with Crippen molar-refractivity contribution in [2.75, 3.05) is 0 Å². The third kappa shape index (κ3) is 497. The van der Waals surface area contributed by atoms with Crippen molar-refractivity contribution in [2.45, 2.75) is 0 Å². The number of hydrogen-bond donors (Lipinski definition) is 3. The van der Waals surface area contributed by atoms with Gasteiger partial charge in [-0.15, -0.1) is 0 Å². The summed E-state index contributed by atoms with van der Waals surface area (Å²) in [5.41, 5.74) is 0. The van der Waals surface area contributed by atoms with E-state index in [9.17, 15) is 0 Å².